The monoisotopic (exact) mass is 525 g/mol. The average molecular weight is 526 g/mol. The second-order valence-corrected chi connectivity index (χ2v) is 11.1. The van der Waals surface area contributed by atoms with Gasteiger partial charge in [0.25, 0.3) is 0 Å². The second kappa shape index (κ2) is 12.6. The molecule has 0 bridgehead atoms. The third-order valence-corrected chi connectivity index (χ3v) is 7.55. The third kappa shape index (κ3) is 6.25. The van der Waals surface area contributed by atoms with E-state index in [0.717, 1.165) is 46.5 Å². The van der Waals surface area contributed by atoms with E-state index in [9.17, 15) is 4.79 Å². The molecule has 3 aromatic carbocycles. The molecule has 0 saturated heterocycles. The van der Waals surface area contributed by atoms with Crippen LogP contribution in [-0.2, 0) is 28.9 Å². The van der Waals surface area contributed by atoms with Gasteiger partial charge in [-0.2, -0.15) is 0 Å². The van der Waals surface area contributed by atoms with Crippen LogP contribution in [0.4, 0.5) is 5.69 Å². The van der Waals surface area contributed by atoms with Gasteiger partial charge < -0.3 is 14.2 Å². The summed E-state index contributed by atoms with van der Waals surface area (Å²) in [5, 5.41) is 0. The number of carbonyl (C=O) groups excluding carboxylic acids is 1. The largest absolute Gasteiger partial charge is 0.383 e. The predicted octanol–water partition coefficient (Wildman–Crippen LogP) is 7.33. The van der Waals surface area contributed by atoms with Crippen LogP contribution < -0.4 is 4.90 Å². The number of amides is 1. The van der Waals surface area contributed by atoms with Crippen molar-refractivity contribution < 1.29 is 9.53 Å². The number of methoxy groups -OCH3 is 1. The molecule has 2 atom stereocenters. The van der Waals surface area contributed by atoms with Crippen LogP contribution in [0, 0.1) is 12.8 Å². The fourth-order valence-corrected chi connectivity index (χ4v) is 5.62. The quantitative estimate of drug-likeness (QED) is 0.206. The van der Waals surface area contributed by atoms with Crippen LogP contribution in [0.1, 0.15) is 68.6 Å². The van der Waals surface area contributed by atoms with Gasteiger partial charge in [0.15, 0.2) is 0 Å². The first-order chi connectivity index (χ1) is 18.7. The van der Waals surface area contributed by atoms with Gasteiger partial charge >= 0.3 is 0 Å². The second-order valence-electron chi connectivity index (χ2n) is 11.1. The lowest BCUT2D eigenvalue weighted by Crippen LogP contribution is -2.44. The molecule has 1 amide bonds. The standard InChI is InChI=1S/C34H43N3O2/c1-8-28-13-11-12-24(4)33(28)37(25(5)22-39-7)32(38)21-36-31-15-10-9-14-30(31)35-34(36)26(6)29-18-16-27(17-19-29)20-23(2)3/h9-19,23,25-26H,8,20-22H2,1-7H3/t25-,26+/m0/s1. The molecule has 206 valence electrons. The van der Waals surface area contributed by atoms with Crippen molar-refractivity contribution in [2.45, 2.75) is 72.9 Å². The Labute approximate surface area is 233 Å². The van der Waals surface area contributed by atoms with Crippen molar-refractivity contribution in [3.05, 3.63) is 94.8 Å². The van der Waals surface area contributed by atoms with Crippen LogP contribution in [0.5, 0.6) is 0 Å². The Kier molecular flexibility index (Phi) is 9.24. The first kappa shape index (κ1) is 28.6. The van der Waals surface area contributed by atoms with E-state index in [1.54, 1.807) is 7.11 Å². The normalized spacial score (nSPS) is 13.1. The van der Waals surface area contributed by atoms with Gasteiger partial charge in [-0.25, -0.2) is 4.98 Å². The van der Waals surface area contributed by atoms with E-state index in [1.807, 2.05) is 23.1 Å². The van der Waals surface area contributed by atoms with Crippen LogP contribution in [-0.4, -0.2) is 35.2 Å². The zero-order chi connectivity index (χ0) is 28.1. The highest BCUT2D eigenvalue weighted by molar-refractivity contribution is 5.96. The topological polar surface area (TPSA) is 47.4 Å². The number of aryl methyl sites for hydroxylation is 2. The smallest absolute Gasteiger partial charge is 0.247 e. The van der Waals surface area contributed by atoms with Crippen LogP contribution in [0.3, 0.4) is 0 Å². The van der Waals surface area contributed by atoms with Gasteiger partial charge in [-0.3, -0.25) is 4.79 Å². The average Bonchev–Trinajstić information content (AvgIpc) is 3.27. The molecule has 0 aliphatic carbocycles. The van der Waals surface area contributed by atoms with Crippen LogP contribution in [0.2, 0.25) is 0 Å². The number of hydrogen-bond donors (Lipinski definition) is 0. The van der Waals surface area contributed by atoms with E-state index in [2.05, 4.69) is 94.6 Å². The summed E-state index contributed by atoms with van der Waals surface area (Å²) in [5.74, 6) is 1.59. The van der Waals surface area contributed by atoms with E-state index in [0.29, 0.717) is 12.5 Å². The molecule has 0 radical (unpaired) electrons. The number of rotatable bonds is 11. The van der Waals surface area contributed by atoms with Crippen LogP contribution in [0.15, 0.2) is 66.7 Å². The Hall–Kier alpha value is -3.44. The zero-order valence-corrected chi connectivity index (χ0v) is 24.6. The molecule has 0 spiro atoms. The van der Waals surface area contributed by atoms with Gasteiger partial charge in [0.2, 0.25) is 5.91 Å². The minimum absolute atomic E-state index is 0.0347. The Morgan fingerprint density at radius 2 is 1.69 bits per heavy atom. The number of carbonyl (C=O) groups is 1. The van der Waals surface area contributed by atoms with Crippen molar-refractivity contribution in [3.8, 4) is 0 Å². The van der Waals surface area contributed by atoms with E-state index in [4.69, 9.17) is 9.72 Å². The van der Waals surface area contributed by atoms with Crippen molar-refractivity contribution >= 4 is 22.6 Å². The first-order valence-corrected chi connectivity index (χ1v) is 14.2. The summed E-state index contributed by atoms with van der Waals surface area (Å²) in [5.41, 5.74) is 7.68. The minimum atomic E-state index is -0.113. The molecule has 0 aliphatic rings. The van der Waals surface area contributed by atoms with Crippen molar-refractivity contribution in [1.82, 2.24) is 9.55 Å². The fourth-order valence-electron chi connectivity index (χ4n) is 5.62. The molecule has 0 aliphatic heterocycles. The molecular weight excluding hydrogens is 482 g/mol. The maximum Gasteiger partial charge on any atom is 0.247 e. The zero-order valence-electron chi connectivity index (χ0n) is 24.6. The van der Waals surface area contributed by atoms with Crippen molar-refractivity contribution in [3.63, 3.8) is 0 Å². The maximum atomic E-state index is 14.3. The van der Waals surface area contributed by atoms with Gasteiger partial charge in [-0.1, -0.05) is 82.3 Å². The van der Waals surface area contributed by atoms with E-state index < -0.39 is 0 Å². The molecule has 1 heterocycles. The van der Waals surface area contributed by atoms with E-state index >= 15 is 0 Å². The van der Waals surface area contributed by atoms with E-state index in [-0.39, 0.29) is 24.4 Å². The Bertz CT molecular complexity index is 1400. The molecule has 0 fully saturated rings. The Morgan fingerprint density at radius 3 is 2.36 bits per heavy atom. The van der Waals surface area contributed by atoms with Crippen molar-refractivity contribution in [2.24, 2.45) is 5.92 Å². The summed E-state index contributed by atoms with van der Waals surface area (Å²) in [6, 6.07) is 23.1. The molecule has 0 unspecified atom stereocenters. The molecule has 1 aromatic heterocycles. The van der Waals surface area contributed by atoms with Gasteiger partial charge in [0.05, 0.1) is 29.4 Å². The summed E-state index contributed by atoms with van der Waals surface area (Å²) in [6.07, 6.45) is 1.92. The number of para-hydroxylation sites is 3. The lowest BCUT2D eigenvalue weighted by atomic mass is 9.96. The third-order valence-electron chi connectivity index (χ3n) is 7.55. The first-order valence-electron chi connectivity index (χ1n) is 14.2. The van der Waals surface area contributed by atoms with Gasteiger partial charge in [0.1, 0.15) is 12.4 Å². The molecule has 5 heteroatoms. The summed E-state index contributed by atoms with van der Waals surface area (Å²) in [4.78, 5) is 21.3. The van der Waals surface area contributed by atoms with Gasteiger partial charge in [-0.15, -0.1) is 0 Å². The Morgan fingerprint density at radius 1 is 0.974 bits per heavy atom. The molecule has 4 rings (SSSR count). The SMILES string of the molecule is CCc1cccc(C)c1N(C(=O)Cn1c([C@H](C)c2ccc(CC(C)C)cc2)nc2ccccc21)[C@@H](C)COC. The number of anilines is 1. The number of nitrogens with zero attached hydrogens (tertiary/aromatic N) is 3. The number of ether oxygens (including phenoxy) is 1. The molecule has 39 heavy (non-hydrogen) atoms. The van der Waals surface area contributed by atoms with Crippen molar-refractivity contribution in [2.75, 3.05) is 18.6 Å². The maximum absolute atomic E-state index is 14.3. The Balaban J connectivity index is 1.75. The molecule has 0 N–H and O–H groups in total. The van der Waals surface area contributed by atoms with Gasteiger partial charge in [-0.05, 0) is 67.0 Å². The molecule has 4 aromatic rings. The number of fused-ring (bicyclic) bond motifs is 1. The highest BCUT2D eigenvalue weighted by Gasteiger charge is 2.28. The summed E-state index contributed by atoms with van der Waals surface area (Å²) >= 11 is 0. The molecule has 5 nitrogen and oxygen atoms in total. The summed E-state index contributed by atoms with van der Waals surface area (Å²) in [6.45, 7) is 13.6. The van der Waals surface area contributed by atoms with Crippen molar-refractivity contribution in [1.29, 1.82) is 0 Å². The van der Waals surface area contributed by atoms with Gasteiger partial charge in [0, 0.05) is 13.0 Å². The number of aromatic nitrogens is 2. The number of imidazole rings is 1. The fraction of sp³-hybridized carbons (Fsp3) is 0.412. The summed E-state index contributed by atoms with van der Waals surface area (Å²) in [7, 11) is 1.69. The number of benzene rings is 3. The lowest BCUT2D eigenvalue weighted by Gasteiger charge is -2.32. The molecular formula is C34H43N3O2. The highest BCUT2D eigenvalue weighted by atomic mass is 16.5. The van der Waals surface area contributed by atoms with Crippen LogP contribution >= 0.6 is 0 Å². The summed E-state index contributed by atoms with van der Waals surface area (Å²) < 4.78 is 7.63. The number of hydrogen-bond acceptors (Lipinski definition) is 3. The lowest BCUT2D eigenvalue weighted by molar-refractivity contribution is -0.119. The molecule has 0 saturated carbocycles. The highest BCUT2D eigenvalue weighted by Crippen LogP contribution is 2.31. The van der Waals surface area contributed by atoms with E-state index in [1.165, 1.54) is 11.1 Å². The van der Waals surface area contributed by atoms with Crippen LogP contribution in [0.25, 0.3) is 11.0 Å². The predicted molar refractivity (Wildman–Crippen MR) is 162 cm³/mol. The minimum Gasteiger partial charge on any atom is -0.383 e.